The number of likely N-dealkylation sites (N-methyl/N-ethyl adjacent to an activating group) is 1. The maximum atomic E-state index is 11.2. The Hall–Kier alpha value is -0.610. The molecule has 0 aromatic carbocycles. The first-order chi connectivity index (χ1) is 5.57. The van der Waals surface area contributed by atoms with Crippen molar-refractivity contribution in [1.29, 1.82) is 0 Å². The highest BCUT2D eigenvalue weighted by Gasteiger charge is 2.09. The quantitative estimate of drug-likeness (QED) is 0.587. The van der Waals surface area contributed by atoms with Gasteiger partial charge in [0.25, 0.3) is 0 Å². The average molecular weight is 174 g/mol. The Kier molecular flexibility index (Phi) is 5.66. The van der Waals surface area contributed by atoms with Gasteiger partial charge in [-0.15, -0.1) is 0 Å². The molecule has 1 unspecified atom stereocenters. The summed E-state index contributed by atoms with van der Waals surface area (Å²) in [5, 5.41) is 11.9. The number of hydrogen-bond acceptors (Lipinski definition) is 3. The van der Waals surface area contributed by atoms with Crippen LogP contribution >= 0.6 is 0 Å². The summed E-state index contributed by atoms with van der Waals surface area (Å²) in [5.41, 5.74) is 0. The first-order valence-electron chi connectivity index (χ1n) is 4.14. The lowest BCUT2D eigenvalue weighted by Gasteiger charge is -2.18. The van der Waals surface area contributed by atoms with E-state index in [0.29, 0.717) is 19.5 Å². The average Bonchev–Trinajstić information content (AvgIpc) is 1.98. The first kappa shape index (κ1) is 11.4. The van der Waals surface area contributed by atoms with Crippen LogP contribution in [0.3, 0.4) is 0 Å². The lowest BCUT2D eigenvalue weighted by atomic mass is 10.3. The normalized spacial score (nSPS) is 12.7. The molecule has 0 saturated heterocycles. The Labute approximate surface area is 73.6 Å². The maximum Gasteiger partial charge on any atom is 0.223 e. The fraction of sp³-hybridized carbons (Fsp3) is 0.875. The highest BCUT2D eigenvalue weighted by molar-refractivity contribution is 5.76. The number of nitrogens with zero attached hydrogens (tertiary/aromatic N) is 1. The second-order valence-electron chi connectivity index (χ2n) is 2.98. The van der Waals surface area contributed by atoms with E-state index in [-0.39, 0.29) is 5.91 Å². The fourth-order valence-electron chi connectivity index (χ4n) is 0.921. The zero-order valence-corrected chi connectivity index (χ0v) is 8.00. The summed E-state index contributed by atoms with van der Waals surface area (Å²) in [6.45, 7) is 2.76. The lowest BCUT2D eigenvalue weighted by molar-refractivity contribution is -0.130. The minimum atomic E-state index is -0.450. The number of hydrogen-bond donors (Lipinski definition) is 2. The van der Waals surface area contributed by atoms with Crippen molar-refractivity contribution >= 4 is 5.91 Å². The lowest BCUT2D eigenvalue weighted by Crippen LogP contribution is -2.34. The van der Waals surface area contributed by atoms with E-state index < -0.39 is 6.10 Å². The molecule has 1 atom stereocenters. The van der Waals surface area contributed by atoms with Crippen molar-refractivity contribution in [3.63, 3.8) is 0 Å². The minimum Gasteiger partial charge on any atom is -0.392 e. The van der Waals surface area contributed by atoms with E-state index in [1.807, 2.05) is 7.05 Å². The second kappa shape index (κ2) is 5.97. The zero-order valence-electron chi connectivity index (χ0n) is 8.00. The molecule has 0 aliphatic carbocycles. The smallest absolute Gasteiger partial charge is 0.223 e. The molecule has 12 heavy (non-hydrogen) atoms. The molecule has 4 nitrogen and oxygen atoms in total. The predicted octanol–water partition coefficient (Wildman–Crippen LogP) is -0.565. The van der Waals surface area contributed by atoms with Crippen LogP contribution in [0, 0.1) is 0 Å². The van der Waals surface area contributed by atoms with Crippen LogP contribution < -0.4 is 5.32 Å². The van der Waals surface area contributed by atoms with E-state index in [4.69, 9.17) is 5.11 Å². The predicted molar refractivity (Wildman–Crippen MR) is 47.9 cm³/mol. The highest BCUT2D eigenvalue weighted by atomic mass is 16.3. The van der Waals surface area contributed by atoms with Crippen molar-refractivity contribution in [2.75, 3.05) is 27.2 Å². The van der Waals surface area contributed by atoms with E-state index in [9.17, 15) is 4.79 Å². The SMILES string of the molecule is CNCCC(=O)N(C)CC(C)O. The number of carbonyl (C=O) groups excluding carboxylic acids is 1. The van der Waals surface area contributed by atoms with Gasteiger partial charge < -0.3 is 15.3 Å². The summed E-state index contributed by atoms with van der Waals surface area (Å²) >= 11 is 0. The van der Waals surface area contributed by atoms with Gasteiger partial charge >= 0.3 is 0 Å². The third kappa shape index (κ3) is 5.09. The van der Waals surface area contributed by atoms with Gasteiger partial charge in [0.05, 0.1) is 6.10 Å². The molecule has 2 N–H and O–H groups in total. The van der Waals surface area contributed by atoms with Gasteiger partial charge in [0.1, 0.15) is 0 Å². The van der Waals surface area contributed by atoms with E-state index in [1.165, 1.54) is 0 Å². The molecule has 0 aromatic heterocycles. The van der Waals surface area contributed by atoms with Crippen LogP contribution in [0.5, 0.6) is 0 Å². The fourth-order valence-corrected chi connectivity index (χ4v) is 0.921. The molecule has 0 bridgehead atoms. The van der Waals surface area contributed by atoms with Crippen LogP contribution in [0.25, 0.3) is 0 Å². The van der Waals surface area contributed by atoms with Gasteiger partial charge in [0.2, 0.25) is 5.91 Å². The highest BCUT2D eigenvalue weighted by Crippen LogP contribution is 1.92. The van der Waals surface area contributed by atoms with Crippen LogP contribution in [0.4, 0.5) is 0 Å². The van der Waals surface area contributed by atoms with Crippen LogP contribution in [0.1, 0.15) is 13.3 Å². The number of carbonyl (C=O) groups is 1. The number of aliphatic hydroxyl groups is 1. The number of amides is 1. The first-order valence-corrected chi connectivity index (χ1v) is 4.14. The van der Waals surface area contributed by atoms with Crippen LogP contribution in [-0.2, 0) is 4.79 Å². The van der Waals surface area contributed by atoms with Crippen LogP contribution in [0.2, 0.25) is 0 Å². The van der Waals surface area contributed by atoms with Crippen LogP contribution in [-0.4, -0.2) is 49.2 Å². The Morgan fingerprint density at radius 2 is 2.25 bits per heavy atom. The Morgan fingerprint density at radius 1 is 1.67 bits per heavy atom. The molecule has 0 aliphatic heterocycles. The third-order valence-electron chi connectivity index (χ3n) is 1.55. The molecular weight excluding hydrogens is 156 g/mol. The van der Waals surface area contributed by atoms with E-state index in [1.54, 1.807) is 18.9 Å². The Bertz CT molecular complexity index is 137. The molecule has 0 rings (SSSR count). The Balaban J connectivity index is 3.61. The van der Waals surface area contributed by atoms with E-state index in [2.05, 4.69) is 5.32 Å². The summed E-state index contributed by atoms with van der Waals surface area (Å²) in [6.07, 6.45) is 0.0354. The summed E-state index contributed by atoms with van der Waals surface area (Å²) in [6, 6.07) is 0. The molecule has 0 radical (unpaired) electrons. The molecule has 72 valence electrons. The van der Waals surface area contributed by atoms with Crippen molar-refractivity contribution in [2.45, 2.75) is 19.4 Å². The second-order valence-corrected chi connectivity index (χ2v) is 2.98. The number of rotatable bonds is 5. The summed E-state index contributed by atoms with van der Waals surface area (Å²) in [5.74, 6) is 0.0604. The minimum absolute atomic E-state index is 0.0604. The van der Waals surface area contributed by atoms with Gasteiger partial charge in [-0.3, -0.25) is 4.79 Å². The molecule has 0 saturated carbocycles. The van der Waals surface area contributed by atoms with Crippen molar-refractivity contribution < 1.29 is 9.90 Å². The Morgan fingerprint density at radius 3 is 2.67 bits per heavy atom. The van der Waals surface area contributed by atoms with E-state index >= 15 is 0 Å². The van der Waals surface area contributed by atoms with Gasteiger partial charge in [-0.25, -0.2) is 0 Å². The molecule has 4 heteroatoms. The largest absolute Gasteiger partial charge is 0.392 e. The standard InChI is InChI=1S/C8H18N2O2/c1-7(11)6-10(3)8(12)4-5-9-2/h7,9,11H,4-6H2,1-3H3. The van der Waals surface area contributed by atoms with Gasteiger partial charge in [-0.1, -0.05) is 0 Å². The van der Waals surface area contributed by atoms with Gasteiger partial charge in [-0.2, -0.15) is 0 Å². The van der Waals surface area contributed by atoms with Gasteiger partial charge in [0, 0.05) is 26.6 Å². The van der Waals surface area contributed by atoms with Gasteiger partial charge in [0.15, 0.2) is 0 Å². The van der Waals surface area contributed by atoms with Crippen molar-refractivity contribution in [3.05, 3.63) is 0 Å². The van der Waals surface area contributed by atoms with Crippen molar-refractivity contribution in [1.82, 2.24) is 10.2 Å². The monoisotopic (exact) mass is 174 g/mol. The maximum absolute atomic E-state index is 11.2. The summed E-state index contributed by atoms with van der Waals surface area (Å²) in [7, 11) is 3.51. The molecule has 1 amide bonds. The summed E-state index contributed by atoms with van der Waals surface area (Å²) < 4.78 is 0. The van der Waals surface area contributed by atoms with E-state index in [0.717, 1.165) is 0 Å². The molecular formula is C8H18N2O2. The summed E-state index contributed by atoms with van der Waals surface area (Å²) in [4.78, 5) is 12.8. The number of aliphatic hydroxyl groups excluding tert-OH is 1. The molecule has 0 aromatic rings. The van der Waals surface area contributed by atoms with Crippen molar-refractivity contribution in [3.8, 4) is 0 Å². The molecule has 0 aliphatic rings. The molecule has 0 fully saturated rings. The van der Waals surface area contributed by atoms with Gasteiger partial charge in [-0.05, 0) is 14.0 Å². The van der Waals surface area contributed by atoms with Crippen LogP contribution in [0.15, 0.2) is 0 Å². The molecule has 0 spiro atoms. The molecule has 0 heterocycles. The third-order valence-corrected chi connectivity index (χ3v) is 1.55. The topological polar surface area (TPSA) is 52.6 Å². The van der Waals surface area contributed by atoms with Crippen molar-refractivity contribution in [2.24, 2.45) is 0 Å². The number of nitrogens with one attached hydrogen (secondary N) is 1. The zero-order chi connectivity index (χ0) is 9.56.